The summed E-state index contributed by atoms with van der Waals surface area (Å²) in [7, 11) is -3.14. The standard InChI is InChI=1S/C11H17NO2S/c1-9(12)10(2)15(13,14)8-11-6-4-3-5-7-11/h3-7,9-10H,8,12H2,1-2H3. The molecular weight excluding hydrogens is 210 g/mol. The number of sulfone groups is 1. The Balaban J connectivity index is 2.82. The van der Waals surface area contributed by atoms with Crippen molar-refractivity contribution in [2.24, 2.45) is 5.73 Å². The fraction of sp³-hybridized carbons (Fsp3) is 0.455. The monoisotopic (exact) mass is 227 g/mol. The fourth-order valence-electron chi connectivity index (χ4n) is 1.27. The predicted octanol–water partition coefficient (Wildman–Crippen LogP) is 1.34. The Kier molecular flexibility index (Phi) is 3.88. The Morgan fingerprint density at radius 1 is 1.20 bits per heavy atom. The van der Waals surface area contributed by atoms with Crippen molar-refractivity contribution in [3.63, 3.8) is 0 Å². The molecule has 84 valence electrons. The molecule has 0 saturated carbocycles. The van der Waals surface area contributed by atoms with Gasteiger partial charge in [0.15, 0.2) is 9.84 Å². The zero-order valence-electron chi connectivity index (χ0n) is 9.05. The molecule has 15 heavy (non-hydrogen) atoms. The Labute approximate surface area is 91.2 Å². The number of nitrogens with two attached hydrogens (primary N) is 1. The van der Waals surface area contributed by atoms with Gasteiger partial charge in [-0.2, -0.15) is 0 Å². The van der Waals surface area contributed by atoms with Gasteiger partial charge in [-0.3, -0.25) is 0 Å². The average molecular weight is 227 g/mol. The second-order valence-electron chi connectivity index (χ2n) is 3.86. The van der Waals surface area contributed by atoms with Crippen molar-refractivity contribution >= 4 is 9.84 Å². The third-order valence-corrected chi connectivity index (χ3v) is 4.82. The molecule has 2 unspecified atom stereocenters. The van der Waals surface area contributed by atoms with Crippen molar-refractivity contribution in [2.45, 2.75) is 30.9 Å². The molecule has 0 fully saturated rings. The van der Waals surface area contributed by atoms with Gasteiger partial charge < -0.3 is 5.73 Å². The highest BCUT2D eigenvalue weighted by atomic mass is 32.2. The summed E-state index contributed by atoms with van der Waals surface area (Å²) in [6.07, 6.45) is 0. The zero-order chi connectivity index (χ0) is 11.5. The van der Waals surface area contributed by atoms with E-state index in [0.717, 1.165) is 5.56 Å². The van der Waals surface area contributed by atoms with Crippen LogP contribution >= 0.6 is 0 Å². The Bertz CT molecular complexity index is 398. The molecule has 1 aromatic carbocycles. The SMILES string of the molecule is CC(N)C(C)S(=O)(=O)Cc1ccccc1. The van der Waals surface area contributed by atoms with Gasteiger partial charge in [0.05, 0.1) is 11.0 Å². The van der Waals surface area contributed by atoms with Gasteiger partial charge in [-0.1, -0.05) is 30.3 Å². The minimum absolute atomic E-state index is 0.0660. The molecule has 0 aliphatic carbocycles. The van der Waals surface area contributed by atoms with Crippen LogP contribution in [0, 0.1) is 0 Å². The summed E-state index contributed by atoms with van der Waals surface area (Å²) in [6, 6.07) is 8.82. The van der Waals surface area contributed by atoms with E-state index in [4.69, 9.17) is 5.73 Å². The van der Waals surface area contributed by atoms with E-state index in [1.165, 1.54) is 0 Å². The highest BCUT2D eigenvalue weighted by molar-refractivity contribution is 7.91. The van der Waals surface area contributed by atoms with Crippen LogP contribution in [0.3, 0.4) is 0 Å². The first kappa shape index (κ1) is 12.2. The molecule has 1 rings (SSSR count). The zero-order valence-corrected chi connectivity index (χ0v) is 9.87. The van der Waals surface area contributed by atoms with Gasteiger partial charge in [0, 0.05) is 6.04 Å². The number of hydrogen-bond acceptors (Lipinski definition) is 3. The summed E-state index contributed by atoms with van der Waals surface area (Å²) < 4.78 is 23.7. The van der Waals surface area contributed by atoms with Crippen LogP contribution in [0.15, 0.2) is 30.3 Å². The molecule has 3 nitrogen and oxygen atoms in total. The molecule has 2 N–H and O–H groups in total. The second kappa shape index (κ2) is 4.77. The van der Waals surface area contributed by atoms with E-state index in [1.807, 2.05) is 30.3 Å². The normalized spacial score (nSPS) is 15.9. The van der Waals surface area contributed by atoms with E-state index in [-0.39, 0.29) is 11.8 Å². The number of benzene rings is 1. The first-order chi connectivity index (χ1) is 6.93. The fourth-order valence-corrected chi connectivity index (χ4v) is 2.84. The molecule has 0 aromatic heterocycles. The lowest BCUT2D eigenvalue weighted by Crippen LogP contribution is -2.36. The van der Waals surface area contributed by atoms with Gasteiger partial charge in [0.25, 0.3) is 0 Å². The third kappa shape index (κ3) is 3.32. The molecule has 0 saturated heterocycles. The molecule has 2 atom stereocenters. The van der Waals surface area contributed by atoms with Crippen LogP contribution in [0.25, 0.3) is 0 Å². The summed E-state index contributed by atoms with van der Waals surface area (Å²) in [5.41, 5.74) is 6.41. The Morgan fingerprint density at radius 2 is 1.73 bits per heavy atom. The molecule has 4 heteroatoms. The topological polar surface area (TPSA) is 60.2 Å². The van der Waals surface area contributed by atoms with Crippen molar-refractivity contribution in [3.05, 3.63) is 35.9 Å². The number of rotatable bonds is 4. The maximum absolute atomic E-state index is 11.9. The van der Waals surface area contributed by atoms with Crippen LogP contribution in [0.1, 0.15) is 19.4 Å². The van der Waals surface area contributed by atoms with Crippen LogP contribution in [-0.2, 0) is 15.6 Å². The van der Waals surface area contributed by atoms with Crippen molar-refractivity contribution < 1.29 is 8.42 Å². The summed E-state index contributed by atoms with van der Waals surface area (Å²) in [4.78, 5) is 0. The first-order valence-electron chi connectivity index (χ1n) is 4.94. The second-order valence-corrected chi connectivity index (χ2v) is 6.21. The molecular formula is C11H17NO2S. The van der Waals surface area contributed by atoms with Gasteiger partial charge in [-0.05, 0) is 19.4 Å². The summed E-state index contributed by atoms with van der Waals surface area (Å²) >= 11 is 0. The molecule has 0 radical (unpaired) electrons. The summed E-state index contributed by atoms with van der Waals surface area (Å²) in [6.45, 7) is 3.37. The highest BCUT2D eigenvalue weighted by Crippen LogP contribution is 2.12. The molecule has 0 aliphatic heterocycles. The van der Waals surface area contributed by atoms with Gasteiger partial charge >= 0.3 is 0 Å². The Hall–Kier alpha value is -0.870. The van der Waals surface area contributed by atoms with Crippen molar-refractivity contribution in [1.82, 2.24) is 0 Å². The lowest BCUT2D eigenvalue weighted by atomic mass is 10.2. The number of hydrogen-bond donors (Lipinski definition) is 1. The lowest BCUT2D eigenvalue weighted by Gasteiger charge is -2.16. The van der Waals surface area contributed by atoms with Gasteiger partial charge in [0.2, 0.25) is 0 Å². The van der Waals surface area contributed by atoms with E-state index < -0.39 is 15.1 Å². The Morgan fingerprint density at radius 3 is 2.20 bits per heavy atom. The van der Waals surface area contributed by atoms with Crippen LogP contribution < -0.4 is 5.73 Å². The molecule has 1 aromatic rings. The maximum Gasteiger partial charge on any atom is 0.158 e. The van der Waals surface area contributed by atoms with Crippen molar-refractivity contribution in [1.29, 1.82) is 0 Å². The largest absolute Gasteiger partial charge is 0.327 e. The van der Waals surface area contributed by atoms with Crippen molar-refractivity contribution in [3.8, 4) is 0 Å². The molecule has 0 amide bonds. The van der Waals surface area contributed by atoms with E-state index >= 15 is 0 Å². The van der Waals surface area contributed by atoms with E-state index in [2.05, 4.69) is 0 Å². The molecule has 0 heterocycles. The van der Waals surface area contributed by atoms with E-state index in [0.29, 0.717) is 0 Å². The quantitative estimate of drug-likeness (QED) is 0.844. The minimum atomic E-state index is -3.14. The smallest absolute Gasteiger partial charge is 0.158 e. The molecule has 0 aliphatic rings. The van der Waals surface area contributed by atoms with Crippen LogP contribution in [0.2, 0.25) is 0 Å². The average Bonchev–Trinajstić information content (AvgIpc) is 2.17. The lowest BCUT2D eigenvalue weighted by molar-refractivity contribution is 0.567. The van der Waals surface area contributed by atoms with Gasteiger partial charge in [-0.25, -0.2) is 8.42 Å². The predicted molar refractivity (Wildman–Crippen MR) is 62.2 cm³/mol. The molecule has 0 bridgehead atoms. The first-order valence-corrected chi connectivity index (χ1v) is 6.66. The summed E-state index contributed by atoms with van der Waals surface area (Å²) in [5.74, 6) is 0.0660. The van der Waals surface area contributed by atoms with Crippen LogP contribution in [0.4, 0.5) is 0 Å². The summed E-state index contributed by atoms with van der Waals surface area (Å²) in [5, 5.41) is -0.502. The molecule has 0 spiro atoms. The minimum Gasteiger partial charge on any atom is -0.327 e. The van der Waals surface area contributed by atoms with Crippen molar-refractivity contribution in [2.75, 3.05) is 0 Å². The van der Waals surface area contributed by atoms with Gasteiger partial charge in [0.1, 0.15) is 0 Å². The van der Waals surface area contributed by atoms with Crippen LogP contribution in [-0.4, -0.2) is 19.7 Å². The van der Waals surface area contributed by atoms with E-state index in [9.17, 15) is 8.42 Å². The maximum atomic E-state index is 11.9. The van der Waals surface area contributed by atoms with E-state index in [1.54, 1.807) is 13.8 Å². The highest BCUT2D eigenvalue weighted by Gasteiger charge is 2.24. The van der Waals surface area contributed by atoms with Gasteiger partial charge in [-0.15, -0.1) is 0 Å². The van der Waals surface area contributed by atoms with Crippen LogP contribution in [0.5, 0.6) is 0 Å². The third-order valence-electron chi connectivity index (χ3n) is 2.52.